The van der Waals surface area contributed by atoms with Crippen LogP contribution in [-0.4, -0.2) is 29.8 Å². The zero-order chi connectivity index (χ0) is 12.5. The quantitative estimate of drug-likeness (QED) is 0.834. The van der Waals surface area contributed by atoms with Gasteiger partial charge in [0.25, 0.3) is 0 Å². The number of halogens is 3. The normalized spacial score (nSPS) is 16.9. The van der Waals surface area contributed by atoms with Crippen molar-refractivity contribution in [2.24, 2.45) is 4.99 Å². The number of fused-ring (bicyclic) bond motifs is 1. The van der Waals surface area contributed by atoms with E-state index in [0.29, 0.717) is 0 Å². The van der Waals surface area contributed by atoms with Crippen LogP contribution in [0.15, 0.2) is 35.5 Å². The maximum atomic E-state index is 12.0. The highest BCUT2D eigenvalue weighted by Gasteiger charge is 2.24. The van der Waals surface area contributed by atoms with Crippen LogP contribution in [0.2, 0.25) is 0 Å². The average molecular weight is 349 g/mol. The van der Waals surface area contributed by atoms with Gasteiger partial charge < -0.3 is 9.64 Å². The molecule has 2 heterocycles. The van der Waals surface area contributed by atoms with E-state index < -0.39 is 6.61 Å². The zero-order valence-electron chi connectivity index (χ0n) is 9.75. The Morgan fingerprint density at radius 1 is 1.26 bits per heavy atom. The fourth-order valence-electron chi connectivity index (χ4n) is 1.85. The highest BCUT2D eigenvalue weighted by molar-refractivity contribution is 8.93. The molecule has 0 aliphatic carbocycles. The van der Waals surface area contributed by atoms with Crippen LogP contribution < -0.4 is 4.74 Å². The molecule has 2 aliphatic rings. The number of benzene rings is 1. The molecule has 102 valence electrons. The Hall–Kier alpha value is -1.08. The SMILES string of the molecule is Br.FC(F)Oc1ccc(C2=CN3CCN=C3S2)cc1. The van der Waals surface area contributed by atoms with Crippen molar-refractivity contribution in [3.8, 4) is 5.75 Å². The van der Waals surface area contributed by atoms with Crippen LogP contribution in [0.3, 0.4) is 0 Å². The van der Waals surface area contributed by atoms with Crippen LogP contribution in [0.5, 0.6) is 5.75 Å². The summed E-state index contributed by atoms with van der Waals surface area (Å²) in [4.78, 5) is 7.54. The molecule has 0 unspecified atom stereocenters. The lowest BCUT2D eigenvalue weighted by Crippen LogP contribution is -2.14. The van der Waals surface area contributed by atoms with E-state index in [9.17, 15) is 8.78 Å². The highest BCUT2D eigenvalue weighted by Crippen LogP contribution is 2.38. The third-order valence-electron chi connectivity index (χ3n) is 2.67. The van der Waals surface area contributed by atoms with E-state index in [2.05, 4.69) is 14.6 Å². The van der Waals surface area contributed by atoms with Gasteiger partial charge >= 0.3 is 6.61 Å². The second kappa shape index (κ2) is 5.92. The summed E-state index contributed by atoms with van der Waals surface area (Å²) in [5, 5.41) is 1.01. The van der Waals surface area contributed by atoms with E-state index in [1.807, 2.05) is 6.20 Å². The molecule has 7 heteroatoms. The van der Waals surface area contributed by atoms with E-state index in [-0.39, 0.29) is 22.7 Å². The van der Waals surface area contributed by atoms with Gasteiger partial charge in [0.1, 0.15) is 5.75 Å². The van der Waals surface area contributed by atoms with Gasteiger partial charge in [-0.1, -0.05) is 12.1 Å². The molecule has 0 amide bonds. The summed E-state index contributed by atoms with van der Waals surface area (Å²) in [6, 6.07) is 6.65. The monoisotopic (exact) mass is 348 g/mol. The standard InChI is InChI=1S/C12H10F2N2OS.BrH/c13-11(14)17-9-3-1-8(2-4-9)10-7-16-6-5-15-12(16)18-10;/h1-4,7,11H,5-6H2;1H. The van der Waals surface area contributed by atoms with Gasteiger partial charge in [-0.15, -0.1) is 17.0 Å². The molecule has 3 rings (SSSR count). The predicted octanol–water partition coefficient (Wildman–Crippen LogP) is 3.58. The average Bonchev–Trinajstić information content (AvgIpc) is 2.89. The van der Waals surface area contributed by atoms with Crippen molar-refractivity contribution >= 4 is 38.8 Å². The van der Waals surface area contributed by atoms with E-state index in [4.69, 9.17) is 0 Å². The Balaban J connectivity index is 0.00000133. The van der Waals surface area contributed by atoms with Gasteiger partial charge in [0.05, 0.1) is 6.54 Å². The van der Waals surface area contributed by atoms with Crippen molar-refractivity contribution in [3.63, 3.8) is 0 Å². The lowest BCUT2D eigenvalue weighted by atomic mass is 10.2. The molecule has 0 saturated heterocycles. The summed E-state index contributed by atoms with van der Waals surface area (Å²) in [5.74, 6) is 0.176. The second-order valence-electron chi connectivity index (χ2n) is 3.86. The summed E-state index contributed by atoms with van der Waals surface area (Å²) in [6.07, 6.45) is 2.04. The molecule has 0 bridgehead atoms. The van der Waals surface area contributed by atoms with Crippen LogP contribution in [0.1, 0.15) is 5.56 Å². The first-order chi connectivity index (χ1) is 8.72. The van der Waals surface area contributed by atoms with Crippen LogP contribution in [-0.2, 0) is 0 Å². The van der Waals surface area contributed by atoms with Crippen LogP contribution >= 0.6 is 28.7 Å². The molecular formula is C12H11BrF2N2OS. The Morgan fingerprint density at radius 3 is 2.63 bits per heavy atom. The van der Waals surface area contributed by atoms with Gasteiger partial charge in [0.15, 0.2) is 5.17 Å². The molecule has 0 aromatic heterocycles. The summed E-state index contributed by atoms with van der Waals surface area (Å²) < 4.78 is 28.3. The van der Waals surface area contributed by atoms with Crippen LogP contribution in [0.25, 0.3) is 4.91 Å². The Labute approximate surface area is 124 Å². The van der Waals surface area contributed by atoms with E-state index in [0.717, 1.165) is 28.7 Å². The number of hydrogen-bond acceptors (Lipinski definition) is 4. The first-order valence-electron chi connectivity index (χ1n) is 5.48. The molecule has 0 N–H and O–H groups in total. The van der Waals surface area contributed by atoms with Gasteiger partial charge in [-0.2, -0.15) is 8.78 Å². The molecule has 0 atom stereocenters. The van der Waals surface area contributed by atoms with Crippen molar-refractivity contribution < 1.29 is 13.5 Å². The first-order valence-corrected chi connectivity index (χ1v) is 6.30. The minimum absolute atomic E-state index is 0. The number of alkyl halides is 2. The maximum Gasteiger partial charge on any atom is 0.387 e. The third kappa shape index (κ3) is 3.09. The topological polar surface area (TPSA) is 24.8 Å². The van der Waals surface area contributed by atoms with Crippen molar-refractivity contribution in [1.82, 2.24) is 4.90 Å². The Bertz CT molecular complexity index is 519. The summed E-state index contributed by atoms with van der Waals surface area (Å²) in [5.41, 5.74) is 0.985. The third-order valence-corrected chi connectivity index (χ3v) is 3.78. The van der Waals surface area contributed by atoms with Gasteiger partial charge in [-0.3, -0.25) is 4.99 Å². The number of nitrogens with zero attached hydrogens (tertiary/aromatic N) is 2. The number of rotatable bonds is 3. The van der Waals surface area contributed by atoms with Crippen molar-refractivity contribution in [1.29, 1.82) is 0 Å². The lowest BCUT2D eigenvalue weighted by Gasteiger charge is -2.05. The largest absolute Gasteiger partial charge is 0.435 e. The van der Waals surface area contributed by atoms with Crippen LogP contribution in [0.4, 0.5) is 8.78 Å². The fraction of sp³-hybridized carbons (Fsp3) is 0.250. The summed E-state index contributed by atoms with van der Waals surface area (Å²) in [7, 11) is 0. The molecule has 3 nitrogen and oxygen atoms in total. The number of amidine groups is 1. The smallest absolute Gasteiger partial charge is 0.387 e. The van der Waals surface area contributed by atoms with Crippen LogP contribution in [0, 0.1) is 0 Å². The molecule has 0 fully saturated rings. The van der Waals surface area contributed by atoms with Gasteiger partial charge in [0.2, 0.25) is 0 Å². The highest BCUT2D eigenvalue weighted by atomic mass is 79.9. The predicted molar refractivity (Wildman–Crippen MR) is 78.0 cm³/mol. The maximum absolute atomic E-state index is 12.0. The molecule has 0 spiro atoms. The van der Waals surface area contributed by atoms with Crippen molar-refractivity contribution in [2.75, 3.05) is 13.1 Å². The van der Waals surface area contributed by atoms with Crippen molar-refractivity contribution in [2.45, 2.75) is 6.61 Å². The number of ether oxygens (including phenoxy) is 1. The zero-order valence-corrected chi connectivity index (χ0v) is 12.3. The summed E-state index contributed by atoms with van der Waals surface area (Å²) >= 11 is 1.60. The number of aliphatic imine (C=N–C) groups is 1. The van der Waals surface area contributed by atoms with E-state index in [1.54, 1.807) is 36.0 Å². The molecular weight excluding hydrogens is 338 g/mol. The van der Waals surface area contributed by atoms with Gasteiger partial charge in [-0.05, 0) is 29.5 Å². The minimum atomic E-state index is -2.78. The molecule has 2 aliphatic heterocycles. The number of thioether (sulfide) groups is 1. The molecule has 0 saturated carbocycles. The minimum Gasteiger partial charge on any atom is -0.435 e. The number of hydrogen-bond donors (Lipinski definition) is 0. The Kier molecular flexibility index (Phi) is 4.46. The van der Waals surface area contributed by atoms with Crippen molar-refractivity contribution in [3.05, 3.63) is 36.0 Å². The first kappa shape index (κ1) is 14.3. The molecule has 19 heavy (non-hydrogen) atoms. The second-order valence-corrected chi connectivity index (χ2v) is 4.87. The van der Waals surface area contributed by atoms with E-state index in [1.165, 1.54) is 0 Å². The van der Waals surface area contributed by atoms with Gasteiger partial charge in [0, 0.05) is 17.6 Å². The molecule has 1 aromatic rings. The summed E-state index contributed by atoms with van der Waals surface area (Å²) in [6.45, 7) is -1.03. The van der Waals surface area contributed by atoms with E-state index >= 15 is 0 Å². The van der Waals surface area contributed by atoms with Gasteiger partial charge in [-0.25, -0.2) is 0 Å². The fourth-order valence-corrected chi connectivity index (χ4v) is 2.90. The molecule has 0 radical (unpaired) electrons. The molecule has 1 aromatic carbocycles. The Morgan fingerprint density at radius 2 is 2.00 bits per heavy atom. The lowest BCUT2D eigenvalue weighted by molar-refractivity contribution is -0.0498.